The van der Waals surface area contributed by atoms with E-state index in [0.717, 1.165) is 30.5 Å². The minimum absolute atomic E-state index is 0.193. The van der Waals surface area contributed by atoms with E-state index in [2.05, 4.69) is 11.9 Å². The quantitative estimate of drug-likeness (QED) is 0.900. The summed E-state index contributed by atoms with van der Waals surface area (Å²) in [6.07, 6.45) is 2.58. The first-order valence-electron chi connectivity index (χ1n) is 8.63. The number of ether oxygens (including phenoxy) is 1. The average Bonchev–Trinajstić information content (AvgIpc) is 2.59. The molecule has 1 saturated heterocycles. The lowest BCUT2D eigenvalue weighted by atomic mass is 9.93. The number of benzene rings is 2. The first-order chi connectivity index (χ1) is 12.0. The van der Waals surface area contributed by atoms with E-state index >= 15 is 0 Å². The Morgan fingerprint density at radius 3 is 2.60 bits per heavy atom. The van der Waals surface area contributed by atoms with Crippen LogP contribution in [0.25, 0.3) is 0 Å². The summed E-state index contributed by atoms with van der Waals surface area (Å²) in [5.41, 5.74) is 7.80. The molecule has 3 nitrogen and oxygen atoms in total. The van der Waals surface area contributed by atoms with Gasteiger partial charge in [0, 0.05) is 12.1 Å². The van der Waals surface area contributed by atoms with E-state index in [0.29, 0.717) is 18.8 Å². The van der Waals surface area contributed by atoms with E-state index in [1.807, 2.05) is 0 Å². The summed E-state index contributed by atoms with van der Waals surface area (Å²) in [7, 11) is 2.08. The molecule has 25 heavy (non-hydrogen) atoms. The van der Waals surface area contributed by atoms with Gasteiger partial charge in [0.05, 0.1) is 0 Å². The zero-order valence-corrected chi connectivity index (χ0v) is 14.4. The van der Waals surface area contributed by atoms with Crippen LogP contribution in [-0.4, -0.2) is 30.6 Å². The van der Waals surface area contributed by atoms with Crippen LogP contribution in [0.1, 0.15) is 24.0 Å². The van der Waals surface area contributed by atoms with Crippen LogP contribution in [-0.2, 0) is 13.0 Å². The molecule has 1 fully saturated rings. The molecule has 1 aliphatic rings. The van der Waals surface area contributed by atoms with E-state index in [1.165, 1.54) is 24.3 Å². The third kappa shape index (κ3) is 4.77. The first-order valence-corrected chi connectivity index (χ1v) is 8.63. The van der Waals surface area contributed by atoms with Gasteiger partial charge in [0.25, 0.3) is 0 Å². The zero-order chi connectivity index (χ0) is 17.8. The third-order valence-corrected chi connectivity index (χ3v) is 4.84. The molecule has 0 spiro atoms. The van der Waals surface area contributed by atoms with Crippen LogP contribution >= 0.6 is 0 Å². The second-order valence-electron chi connectivity index (χ2n) is 6.79. The smallest absolute Gasteiger partial charge is 0.123 e. The number of likely N-dealkylation sites (N-methyl/N-ethyl adjacent to an activating group) is 1. The van der Waals surface area contributed by atoms with Crippen molar-refractivity contribution in [2.24, 2.45) is 5.73 Å². The molecule has 2 unspecified atom stereocenters. The Kier molecular flexibility index (Phi) is 5.66. The van der Waals surface area contributed by atoms with Crippen molar-refractivity contribution in [2.45, 2.75) is 38.0 Å². The molecular formula is C20H24F2N2O. The zero-order valence-electron chi connectivity index (χ0n) is 14.4. The molecule has 0 amide bonds. The third-order valence-electron chi connectivity index (χ3n) is 4.84. The van der Waals surface area contributed by atoms with E-state index in [-0.39, 0.29) is 23.7 Å². The summed E-state index contributed by atoms with van der Waals surface area (Å²) in [5.74, 6) is 0.119. The molecule has 1 heterocycles. The van der Waals surface area contributed by atoms with Gasteiger partial charge in [-0.25, -0.2) is 8.78 Å². The molecule has 5 heteroatoms. The number of hydrogen-bond acceptors (Lipinski definition) is 3. The maximum absolute atomic E-state index is 13.7. The Morgan fingerprint density at radius 1 is 1.12 bits per heavy atom. The van der Waals surface area contributed by atoms with Gasteiger partial charge < -0.3 is 15.4 Å². The maximum Gasteiger partial charge on any atom is 0.123 e. The van der Waals surface area contributed by atoms with Gasteiger partial charge in [-0.1, -0.05) is 12.1 Å². The van der Waals surface area contributed by atoms with Crippen LogP contribution in [0.4, 0.5) is 8.78 Å². The minimum atomic E-state index is -0.275. The van der Waals surface area contributed by atoms with Crippen LogP contribution in [0.3, 0.4) is 0 Å². The highest BCUT2D eigenvalue weighted by atomic mass is 19.1. The summed E-state index contributed by atoms with van der Waals surface area (Å²) in [6, 6.07) is 11.3. The van der Waals surface area contributed by atoms with Gasteiger partial charge >= 0.3 is 0 Å². The Hall–Kier alpha value is -1.98. The molecule has 2 aromatic rings. The fraction of sp³-hybridized carbons (Fsp3) is 0.400. The van der Waals surface area contributed by atoms with Crippen LogP contribution in [0, 0.1) is 11.6 Å². The van der Waals surface area contributed by atoms with Crippen LogP contribution < -0.4 is 10.5 Å². The number of likely N-dealkylation sites (tertiary alicyclic amines) is 1. The van der Waals surface area contributed by atoms with Gasteiger partial charge in [-0.05, 0) is 74.3 Å². The molecule has 0 aliphatic carbocycles. The number of rotatable bonds is 5. The molecule has 2 N–H and O–H groups in total. The predicted octanol–water partition coefficient (Wildman–Crippen LogP) is 3.51. The van der Waals surface area contributed by atoms with Crippen molar-refractivity contribution in [3.63, 3.8) is 0 Å². The normalized spacial score (nSPS) is 21.3. The van der Waals surface area contributed by atoms with Gasteiger partial charge in [-0.2, -0.15) is 0 Å². The van der Waals surface area contributed by atoms with E-state index in [1.54, 1.807) is 18.2 Å². The van der Waals surface area contributed by atoms with Crippen molar-refractivity contribution in [1.29, 1.82) is 0 Å². The number of hydrogen-bond donors (Lipinski definition) is 1. The number of piperidine rings is 1. The summed E-state index contributed by atoms with van der Waals surface area (Å²) in [6.45, 7) is 1.27. The van der Waals surface area contributed by atoms with Crippen molar-refractivity contribution < 1.29 is 13.5 Å². The summed E-state index contributed by atoms with van der Waals surface area (Å²) in [5, 5.41) is 0. The molecule has 0 bridgehead atoms. The molecule has 2 aromatic carbocycles. The summed E-state index contributed by atoms with van der Waals surface area (Å²) >= 11 is 0. The monoisotopic (exact) mass is 346 g/mol. The first kappa shape index (κ1) is 17.8. The van der Waals surface area contributed by atoms with Gasteiger partial charge in [-0.15, -0.1) is 0 Å². The molecule has 3 rings (SSSR count). The lowest BCUT2D eigenvalue weighted by Gasteiger charge is -2.36. The van der Waals surface area contributed by atoms with Crippen molar-refractivity contribution in [3.8, 4) is 5.75 Å². The summed E-state index contributed by atoms with van der Waals surface area (Å²) < 4.78 is 32.6. The average molecular weight is 346 g/mol. The maximum atomic E-state index is 13.7. The van der Waals surface area contributed by atoms with Crippen molar-refractivity contribution >= 4 is 0 Å². The Balaban J connectivity index is 1.72. The Labute approximate surface area is 147 Å². The number of nitrogens with zero attached hydrogens (tertiary/aromatic N) is 1. The summed E-state index contributed by atoms with van der Waals surface area (Å²) in [4.78, 5) is 2.28. The van der Waals surface area contributed by atoms with Gasteiger partial charge in [-0.3, -0.25) is 0 Å². The fourth-order valence-corrected chi connectivity index (χ4v) is 3.28. The fourth-order valence-electron chi connectivity index (χ4n) is 3.28. The predicted molar refractivity (Wildman–Crippen MR) is 94.5 cm³/mol. The molecular weight excluding hydrogens is 322 g/mol. The van der Waals surface area contributed by atoms with E-state index in [9.17, 15) is 8.78 Å². The lowest BCUT2D eigenvalue weighted by molar-refractivity contribution is 0.168. The van der Waals surface area contributed by atoms with Gasteiger partial charge in [0.2, 0.25) is 0 Å². The van der Waals surface area contributed by atoms with Crippen LogP contribution in [0.2, 0.25) is 0 Å². The van der Waals surface area contributed by atoms with Gasteiger partial charge in [0.15, 0.2) is 0 Å². The molecule has 0 aromatic heterocycles. The highest BCUT2D eigenvalue weighted by molar-refractivity contribution is 5.35. The second-order valence-corrected chi connectivity index (χ2v) is 6.79. The SMILES string of the molecule is CN1CCC(N)CC1Cc1cc(F)ccc1OCc1ccc(F)cc1. The topological polar surface area (TPSA) is 38.5 Å². The van der Waals surface area contributed by atoms with E-state index < -0.39 is 0 Å². The van der Waals surface area contributed by atoms with Crippen molar-refractivity contribution in [3.05, 3.63) is 65.2 Å². The molecule has 1 aliphatic heterocycles. The second kappa shape index (κ2) is 7.93. The number of halogens is 2. The van der Waals surface area contributed by atoms with Crippen LogP contribution in [0.15, 0.2) is 42.5 Å². The Bertz CT molecular complexity index is 705. The number of nitrogens with two attached hydrogens (primary N) is 1. The highest BCUT2D eigenvalue weighted by Gasteiger charge is 2.25. The van der Waals surface area contributed by atoms with Crippen molar-refractivity contribution in [1.82, 2.24) is 4.90 Å². The minimum Gasteiger partial charge on any atom is -0.489 e. The van der Waals surface area contributed by atoms with Crippen molar-refractivity contribution in [2.75, 3.05) is 13.6 Å². The lowest BCUT2D eigenvalue weighted by Crippen LogP contribution is -2.45. The molecule has 0 radical (unpaired) electrons. The largest absolute Gasteiger partial charge is 0.489 e. The van der Waals surface area contributed by atoms with Gasteiger partial charge in [0.1, 0.15) is 24.0 Å². The van der Waals surface area contributed by atoms with Crippen LogP contribution in [0.5, 0.6) is 5.75 Å². The molecule has 0 saturated carbocycles. The molecule has 2 atom stereocenters. The standard InChI is InChI=1S/C20H24F2N2O/c1-24-9-8-18(23)12-19(24)11-15-10-17(22)6-7-20(15)25-13-14-2-4-16(21)5-3-14/h2-7,10,18-19H,8-9,11-13,23H2,1H3. The highest BCUT2D eigenvalue weighted by Crippen LogP contribution is 2.26. The molecule has 134 valence electrons. The Morgan fingerprint density at radius 2 is 1.84 bits per heavy atom. The van der Waals surface area contributed by atoms with E-state index in [4.69, 9.17) is 10.5 Å².